The van der Waals surface area contributed by atoms with E-state index in [-0.39, 0.29) is 0 Å². The summed E-state index contributed by atoms with van der Waals surface area (Å²) in [6.07, 6.45) is -0.194. The number of alkyl carbamates (subject to hydrolysis) is 1. The molecule has 0 unspecified atom stereocenters. The molecule has 1 aliphatic rings. The summed E-state index contributed by atoms with van der Waals surface area (Å²) >= 11 is 0. The number of benzene rings is 2. The van der Waals surface area contributed by atoms with Gasteiger partial charge in [0.15, 0.2) is 0 Å². The fourth-order valence-corrected chi connectivity index (χ4v) is 3.39. The summed E-state index contributed by atoms with van der Waals surface area (Å²) in [4.78, 5) is 38.7. The van der Waals surface area contributed by atoms with Crippen LogP contribution in [0.4, 0.5) is 4.79 Å². The average molecular weight is 394 g/mol. The number of carbonyl (C=O) groups is 3. The molecule has 152 valence electrons. The quantitative estimate of drug-likeness (QED) is 0.603. The Balaban J connectivity index is 1.81. The van der Waals surface area contributed by atoms with Crippen molar-refractivity contribution in [3.05, 3.63) is 71.8 Å². The predicted octanol–water partition coefficient (Wildman–Crippen LogP) is 3.10. The molecule has 0 aliphatic carbocycles. The number of ether oxygens (including phenoxy) is 1. The van der Waals surface area contributed by atoms with E-state index >= 15 is 0 Å². The van der Waals surface area contributed by atoms with Crippen LogP contribution < -0.4 is 5.32 Å². The van der Waals surface area contributed by atoms with Gasteiger partial charge in [0.05, 0.1) is 6.04 Å². The Kier molecular flexibility index (Phi) is 6.01. The van der Waals surface area contributed by atoms with Crippen LogP contribution in [0.15, 0.2) is 60.7 Å². The van der Waals surface area contributed by atoms with Crippen LogP contribution in [0.5, 0.6) is 0 Å². The van der Waals surface area contributed by atoms with E-state index in [4.69, 9.17) is 4.74 Å². The minimum atomic E-state index is -0.726. The highest BCUT2D eigenvalue weighted by Crippen LogP contribution is 2.24. The molecule has 6 nitrogen and oxygen atoms in total. The number of likely N-dealkylation sites (tertiary alicyclic amines) is 1. The maximum atomic E-state index is 12.5. The van der Waals surface area contributed by atoms with Gasteiger partial charge in [-0.1, -0.05) is 60.7 Å². The monoisotopic (exact) mass is 394 g/mol. The molecule has 1 aliphatic heterocycles. The molecule has 2 aromatic rings. The zero-order chi connectivity index (χ0) is 21.0. The summed E-state index contributed by atoms with van der Waals surface area (Å²) < 4.78 is 5.38. The van der Waals surface area contributed by atoms with Gasteiger partial charge >= 0.3 is 6.09 Å². The van der Waals surface area contributed by atoms with E-state index in [0.717, 1.165) is 11.1 Å². The SMILES string of the molecule is CC(C)(C)OC(=O)N[C@@H](Cc1ccccc1)[C@@H]1C(=O)C(=O)N1Cc1ccccc1. The van der Waals surface area contributed by atoms with E-state index in [0.29, 0.717) is 13.0 Å². The number of nitrogens with zero attached hydrogens (tertiary/aromatic N) is 1. The van der Waals surface area contributed by atoms with Gasteiger partial charge < -0.3 is 15.0 Å². The molecule has 29 heavy (non-hydrogen) atoms. The highest BCUT2D eigenvalue weighted by molar-refractivity contribution is 6.44. The van der Waals surface area contributed by atoms with Crippen LogP contribution in [0.1, 0.15) is 31.9 Å². The second kappa shape index (κ2) is 8.47. The topological polar surface area (TPSA) is 75.7 Å². The first kappa shape index (κ1) is 20.6. The summed E-state index contributed by atoms with van der Waals surface area (Å²) in [6.45, 7) is 5.65. The summed E-state index contributed by atoms with van der Waals surface area (Å²) in [6, 6.07) is 17.7. The van der Waals surface area contributed by atoms with E-state index in [1.165, 1.54) is 4.90 Å². The molecule has 0 aromatic heterocycles. The Hall–Kier alpha value is -3.15. The maximum Gasteiger partial charge on any atom is 0.407 e. The van der Waals surface area contributed by atoms with Crippen molar-refractivity contribution in [3.8, 4) is 0 Å². The van der Waals surface area contributed by atoms with Crippen molar-refractivity contribution in [2.24, 2.45) is 0 Å². The maximum absolute atomic E-state index is 12.5. The van der Waals surface area contributed by atoms with Crippen LogP contribution >= 0.6 is 0 Å². The molecular formula is C23H26N2O4. The lowest BCUT2D eigenvalue weighted by Gasteiger charge is -2.43. The van der Waals surface area contributed by atoms with E-state index < -0.39 is 35.5 Å². The number of rotatable bonds is 6. The van der Waals surface area contributed by atoms with Gasteiger partial charge in [0.2, 0.25) is 5.78 Å². The number of Topliss-reactive ketones (excluding diaryl/α,β-unsaturated/α-hetero) is 1. The van der Waals surface area contributed by atoms with E-state index in [9.17, 15) is 14.4 Å². The van der Waals surface area contributed by atoms with Gasteiger partial charge in [0, 0.05) is 6.54 Å². The van der Waals surface area contributed by atoms with Crippen molar-refractivity contribution in [1.29, 1.82) is 0 Å². The standard InChI is InChI=1S/C23H26N2O4/c1-23(2,3)29-22(28)24-18(14-16-10-6-4-7-11-16)19-20(26)21(27)25(19)15-17-12-8-5-9-13-17/h4-13,18-19H,14-15H2,1-3H3,(H,24,28)/t18-,19+/m0/s1. The molecule has 1 heterocycles. The average Bonchev–Trinajstić information content (AvgIpc) is 2.67. The Labute approximate surface area is 170 Å². The lowest BCUT2D eigenvalue weighted by molar-refractivity contribution is -0.163. The van der Waals surface area contributed by atoms with Gasteiger partial charge in [-0.2, -0.15) is 0 Å². The number of hydrogen-bond acceptors (Lipinski definition) is 4. The predicted molar refractivity (Wildman–Crippen MR) is 109 cm³/mol. The van der Waals surface area contributed by atoms with Gasteiger partial charge in [-0.05, 0) is 38.3 Å². The highest BCUT2D eigenvalue weighted by atomic mass is 16.6. The lowest BCUT2D eigenvalue weighted by Crippen LogP contribution is -2.69. The first-order valence-corrected chi connectivity index (χ1v) is 9.67. The van der Waals surface area contributed by atoms with Gasteiger partial charge in [-0.25, -0.2) is 4.79 Å². The smallest absolute Gasteiger partial charge is 0.407 e. The molecule has 0 radical (unpaired) electrons. The van der Waals surface area contributed by atoms with Crippen molar-refractivity contribution in [3.63, 3.8) is 0 Å². The van der Waals surface area contributed by atoms with Crippen LogP contribution in [0.2, 0.25) is 0 Å². The van der Waals surface area contributed by atoms with Crippen LogP contribution in [-0.2, 0) is 27.3 Å². The third kappa shape index (κ3) is 5.22. The number of hydrogen-bond donors (Lipinski definition) is 1. The van der Waals surface area contributed by atoms with Gasteiger partial charge in [-0.3, -0.25) is 9.59 Å². The molecule has 1 saturated heterocycles. The van der Waals surface area contributed by atoms with E-state index in [1.807, 2.05) is 60.7 Å². The second-order valence-electron chi connectivity index (χ2n) is 8.17. The Morgan fingerprint density at radius 3 is 2.10 bits per heavy atom. The van der Waals surface area contributed by atoms with Crippen molar-refractivity contribution in [2.75, 3.05) is 0 Å². The molecule has 2 atom stereocenters. The molecule has 0 bridgehead atoms. The zero-order valence-electron chi connectivity index (χ0n) is 16.9. The van der Waals surface area contributed by atoms with E-state index in [2.05, 4.69) is 5.32 Å². The fraction of sp³-hybridized carbons (Fsp3) is 0.348. The first-order chi connectivity index (χ1) is 13.7. The largest absolute Gasteiger partial charge is 0.444 e. The molecule has 0 spiro atoms. The fourth-order valence-electron chi connectivity index (χ4n) is 3.39. The lowest BCUT2D eigenvalue weighted by atomic mass is 9.88. The van der Waals surface area contributed by atoms with Crippen molar-refractivity contribution in [1.82, 2.24) is 10.2 Å². The Bertz CT molecular complexity index is 875. The van der Waals surface area contributed by atoms with Crippen LogP contribution in [0.25, 0.3) is 0 Å². The highest BCUT2D eigenvalue weighted by Gasteiger charge is 2.50. The van der Waals surface area contributed by atoms with Crippen LogP contribution in [0, 0.1) is 0 Å². The molecule has 2 amide bonds. The van der Waals surface area contributed by atoms with Crippen LogP contribution in [-0.4, -0.2) is 40.4 Å². The number of amides is 2. The summed E-state index contributed by atoms with van der Waals surface area (Å²) in [5.41, 5.74) is 1.22. The normalized spacial score (nSPS) is 17.5. The minimum Gasteiger partial charge on any atom is -0.444 e. The summed E-state index contributed by atoms with van der Waals surface area (Å²) in [7, 11) is 0. The molecule has 2 aromatic carbocycles. The molecule has 1 fully saturated rings. The van der Waals surface area contributed by atoms with Crippen molar-refractivity contribution < 1.29 is 19.1 Å². The van der Waals surface area contributed by atoms with Crippen molar-refractivity contribution >= 4 is 17.8 Å². The number of nitrogens with one attached hydrogen (secondary N) is 1. The second-order valence-corrected chi connectivity index (χ2v) is 8.17. The number of carbonyl (C=O) groups excluding carboxylic acids is 3. The Morgan fingerprint density at radius 1 is 1.00 bits per heavy atom. The third-order valence-electron chi connectivity index (χ3n) is 4.65. The Morgan fingerprint density at radius 2 is 1.55 bits per heavy atom. The molecule has 3 rings (SSSR count). The molecule has 1 N–H and O–H groups in total. The van der Waals surface area contributed by atoms with Crippen LogP contribution in [0.3, 0.4) is 0 Å². The number of ketones is 1. The minimum absolute atomic E-state index is 0.317. The first-order valence-electron chi connectivity index (χ1n) is 9.67. The number of β-lactam (4-membered cyclic amide) rings is 1. The van der Waals surface area contributed by atoms with Gasteiger partial charge in [-0.15, -0.1) is 0 Å². The van der Waals surface area contributed by atoms with Crippen molar-refractivity contribution in [2.45, 2.75) is 51.4 Å². The molecule has 0 saturated carbocycles. The van der Waals surface area contributed by atoms with E-state index in [1.54, 1.807) is 20.8 Å². The van der Waals surface area contributed by atoms with Gasteiger partial charge in [0.1, 0.15) is 11.6 Å². The summed E-state index contributed by atoms with van der Waals surface area (Å²) in [5.74, 6) is -1.01. The molecular weight excluding hydrogens is 368 g/mol. The van der Waals surface area contributed by atoms with Gasteiger partial charge in [0.25, 0.3) is 5.91 Å². The third-order valence-corrected chi connectivity index (χ3v) is 4.65. The molecule has 6 heteroatoms. The summed E-state index contributed by atoms with van der Waals surface area (Å²) in [5, 5.41) is 2.81. The zero-order valence-corrected chi connectivity index (χ0v) is 16.9.